The van der Waals surface area contributed by atoms with Crippen molar-refractivity contribution >= 4 is 6.09 Å². The molecule has 1 atom stereocenters. The lowest BCUT2D eigenvalue weighted by Crippen LogP contribution is -2.45. The molecule has 23 heavy (non-hydrogen) atoms. The Morgan fingerprint density at radius 1 is 1.00 bits per heavy atom. The van der Waals surface area contributed by atoms with Crippen LogP contribution in [0.1, 0.15) is 61.8 Å². The van der Waals surface area contributed by atoms with Crippen molar-refractivity contribution in [3.05, 3.63) is 0 Å². The van der Waals surface area contributed by atoms with Crippen LogP contribution in [-0.2, 0) is 14.2 Å². The molecule has 0 radical (unpaired) electrons. The third-order valence-electron chi connectivity index (χ3n) is 2.86. The van der Waals surface area contributed by atoms with Gasteiger partial charge >= 0.3 is 6.09 Å². The van der Waals surface area contributed by atoms with Crippen LogP contribution in [0.2, 0.25) is 0 Å². The van der Waals surface area contributed by atoms with Gasteiger partial charge in [-0.3, -0.25) is 0 Å². The second-order valence-electron chi connectivity index (χ2n) is 8.31. The zero-order valence-corrected chi connectivity index (χ0v) is 16.0. The molecule has 0 aliphatic rings. The number of aliphatic hydroxyl groups excluding tert-OH is 1. The van der Waals surface area contributed by atoms with E-state index in [4.69, 9.17) is 14.2 Å². The molecule has 0 bridgehead atoms. The van der Waals surface area contributed by atoms with Crippen LogP contribution in [0.4, 0.5) is 4.79 Å². The van der Waals surface area contributed by atoms with Gasteiger partial charge in [0.15, 0.2) is 0 Å². The van der Waals surface area contributed by atoms with Gasteiger partial charge in [-0.1, -0.05) is 0 Å². The summed E-state index contributed by atoms with van der Waals surface area (Å²) in [7, 11) is 0. The van der Waals surface area contributed by atoms with Gasteiger partial charge < -0.3 is 24.6 Å². The number of rotatable bonds is 8. The fourth-order valence-corrected chi connectivity index (χ4v) is 1.62. The Morgan fingerprint density at radius 3 is 2.00 bits per heavy atom. The summed E-state index contributed by atoms with van der Waals surface area (Å²) < 4.78 is 16.7. The minimum atomic E-state index is -0.575. The molecule has 1 amide bonds. The van der Waals surface area contributed by atoms with Crippen molar-refractivity contribution in [1.29, 1.82) is 0 Å². The van der Waals surface area contributed by atoms with Crippen molar-refractivity contribution in [2.24, 2.45) is 0 Å². The summed E-state index contributed by atoms with van der Waals surface area (Å²) in [6.07, 6.45) is 0.156. The van der Waals surface area contributed by atoms with Crippen LogP contribution in [0.5, 0.6) is 0 Å². The quantitative estimate of drug-likeness (QED) is 0.714. The summed E-state index contributed by atoms with van der Waals surface area (Å²) in [4.78, 5) is 11.7. The molecule has 0 aliphatic carbocycles. The van der Waals surface area contributed by atoms with Gasteiger partial charge in [0.2, 0.25) is 0 Å². The molecule has 2 N–H and O–H groups in total. The minimum Gasteiger partial charge on any atom is -0.444 e. The highest BCUT2D eigenvalue weighted by molar-refractivity contribution is 5.68. The Bertz CT molecular complexity index is 355. The van der Waals surface area contributed by atoms with Crippen molar-refractivity contribution in [1.82, 2.24) is 5.32 Å². The first-order valence-electron chi connectivity index (χ1n) is 8.12. The number of carbonyl (C=O) groups is 1. The summed E-state index contributed by atoms with van der Waals surface area (Å²) in [5.74, 6) is 0. The lowest BCUT2D eigenvalue weighted by Gasteiger charge is -2.30. The predicted molar refractivity (Wildman–Crippen MR) is 90.6 cm³/mol. The lowest BCUT2D eigenvalue weighted by atomic mass is 10.1. The highest BCUT2D eigenvalue weighted by atomic mass is 16.6. The number of carbonyl (C=O) groups excluding carboxylic acids is 1. The van der Waals surface area contributed by atoms with Crippen LogP contribution in [0, 0.1) is 0 Å². The van der Waals surface area contributed by atoms with Crippen LogP contribution >= 0.6 is 0 Å². The molecule has 0 spiro atoms. The third-order valence-corrected chi connectivity index (χ3v) is 2.86. The number of hydrogen-bond donors (Lipinski definition) is 2. The average molecular weight is 333 g/mol. The topological polar surface area (TPSA) is 77.0 Å². The third kappa shape index (κ3) is 13.3. The maximum Gasteiger partial charge on any atom is 0.408 e. The number of aliphatic hydroxyl groups is 1. The van der Waals surface area contributed by atoms with Gasteiger partial charge in [0.1, 0.15) is 5.60 Å². The van der Waals surface area contributed by atoms with E-state index in [2.05, 4.69) is 5.32 Å². The second kappa shape index (κ2) is 8.85. The van der Waals surface area contributed by atoms with E-state index < -0.39 is 23.3 Å². The molecule has 138 valence electrons. The highest BCUT2D eigenvalue weighted by Gasteiger charge is 2.24. The van der Waals surface area contributed by atoms with E-state index in [1.807, 2.05) is 34.6 Å². The molecular weight excluding hydrogens is 298 g/mol. The fraction of sp³-hybridized carbons (Fsp3) is 0.941. The van der Waals surface area contributed by atoms with Gasteiger partial charge in [0, 0.05) is 6.61 Å². The smallest absolute Gasteiger partial charge is 0.408 e. The first kappa shape index (κ1) is 22.1. The Morgan fingerprint density at radius 2 is 1.57 bits per heavy atom. The average Bonchev–Trinajstić information content (AvgIpc) is 2.30. The van der Waals surface area contributed by atoms with Crippen molar-refractivity contribution in [3.63, 3.8) is 0 Å². The Kier molecular flexibility index (Phi) is 8.52. The van der Waals surface area contributed by atoms with Crippen LogP contribution in [-0.4, -0.2) is 53.9 Å². The van der Waals surface area contributed by atoms with E-state index in [1.165, 1.54) is 0 Å². The number of ether oxygens (including phenoxy) is 3. The molecule has 6 heteroatoms. The van der Waals surface area contributed by atoms with Gasteiger partial charge in [0.25, 0.3) is 0 Å². The summed E-state index contributed by atoms with van der Waals surface area (Å²) in [6, 6.07) is -0.507. The van der Waals surface area contributed by atoms with Crippen LogP contribution < -0.4 is 5.32 Å². The zero-order chi connectivity index (χ0) is 18.3. The molecule has 6 nitrogen and oxygen atoms in total. The molecule has 0 aromatic heterocycles. The highest BCUT2D eigenvalue weighted by Crippen LogP contribution is 2.17. The van der Waals surface area contributed by atoms with Gasteiger partial charge in [0.05, 0.1) is 30.5 Å². The second-order valence-corrected chi connectivity index (χ2v) is 8.31. The Labute approximate surface area is 140 Å². The maximum atomic E-state index is 11.7. The van der Waals surface area contributed by atoms with Gasteiger partial charge in [-0.15, -0.1) is 0 Å². The van der Waals surface area contributed by atoms with E-state index in [0.717, 1.165) is 6.42 Å². The number of amides is 1. The van der Waals surface area contributed by atoms with Crippen LogP contribution in [0.25, 0.3) is 0 Å². The lowest BCUT2D eigenvalue weighted by molar-refractivity contribution is -0.0743. The number of nitrogens with one attached hydrogen (secondary N) is 1. The summed E-state index contributed by atoms with van der Waals surface area (Å²) in [6.45, 7) is 15.9. The monoisotopic (exact) mass is 333 g/mol. The van der Waals surface area contributed by atoms with Gasteiger partial charge in [-0.25, -0.2) is 4.79 Å². The van der Waals surface area contributed by atoms with Gasteiger partial charge in [-0.05, 0) is 61.8 Å². The van der Waals surface area contributed by atoms with E-state index in [1.54, 1.807) is 20.8 Å². The molecule has 0 rings (SSSR count). The number of alkyl carbamates (subject to hydrolysis) is 1. The van der Waals surface area contributed by atoms with Gasteiger partial charge in [-0.2, -0.15) is 0 Å². The molecule has 1 unspecified atom stereocenters. The molecule has 0 saturated heterocycles. The largest absolute Gasteiger partial charge is 0.444 e. The molecule has 0 aromatic rings. The standard InChI is InChI=1S/C17H35NO5/c1-15(2,3)21-10-9-17(7,8)22-12-13(11-19)18-14(20)23-16(4,5)6/h13,19H,9-12H2,1-8H3,(H,18,20). The fourth-order valence-electron chi connectivity index (χ4n) is 1.62. The van der Waals surface area contributed by atoms with Crippen LogP contribution in [0.15, 0.2) is 0 Å². The molecule has 0 fully saturated rings. The normalized spacial score (nSPS) is 14.5. The van der Waals surface area contributed by atoms with Crippen molar-refractivity contribution < 1.29 is 24.1 Å². The van der Waals surface area contributed by atoms with Crippen LogP contribution in [0.3, 0.4) is 0 Å². The first-order valence-corrected chi connectivity index (χ1v) is 8.12. The van der Waals surface area contributed by atoms with E-state index >= 15 is 0 Å². The molecule has 0 aromatic carbocycles. The number of hydrogen-bond acceptors (Lipinski definition) is 5. The predicted octanol–water partition coefficient (Wildman–Crippen LogP) is 2.87. The maximum absolute atomic E-state index is 11.7. The molecule has 0 aliphatic heterocycles. The van der Waals surface area contributed by atoms with Crippen molar-refractivity contribution in [3.8, 4) is 0 Å². The molecule has 0 saturated carbocycles. The molecule has 0 heterocycles. The SMILES string of the molecule is CC(C)(C)OCCC(C)(C)OCC(CO)NC(=O)OC(C)(C)C. The Balaban J connectivity index is 4.24. The zero-order valence-electron chi connectivity index (χ0n) is 16.0. The van der Waals surface area contributed by atoms with E-state index in [-0.39, 0.29) is 18.8 Å². The van der Waals surface area contributed by atoms with E-state index in [9.17, 15) is 9.90 Å². The Hall–Kier alpha value is -0.850. The summed E-state index contributed by atoms with van der Waals surface area (Å²) in [5, 5.41) is 12.0. The molecular formula is C17H35NO5. The minimum absolute atomic E-state index is 0.179. The first-order chi connectivity index (χ1) is 10.2. The summed E-state index contributed by atoms with van der Waals surface area (Å²) >= 11 is 0. The van der Waals surface area contributed by atoms with Crippen molar-refractivity contribution in [2.75, 3.05) is 19.8 Å². The summed E-state index contributed by atoms with van der Waals surface area (Å²) in [5.41, 5.74) is -1.16. The van der Waals surface area contributed by atoms with Crippen molar-refractivity contribution in [2.45, 2.75) is 84.7 Å². The van der Waals surface area contributed by atoms with E-state index in [0.29, 0.717) is 6.61 Å².